The largest absolute Gasteiger partial charge is 0.372 e. The van der Waals surface area contributed by atoms with Gasteiger partial charge in [0.25, 0.3) is 0 Å². The van der Waals surface area contributed by atoms with E-state index in [9.17, 15) is 13.6 Å². The number of halogens is 3. The predicted octanol–water partition coefficient (Wildman–Crippen LogP) is 1.89. The van der Waals surface area contributed by atoms with E-state index in [1.807, 2.05) is 0 Å². The van der Waals surface area contributed by atoms with Crippen molar-refractivity contribution in [1.29, 1.82) is 0 Å². The van der Waals surface area contributed by atoms with Crippen LogP contribution in [-0.4, -0.2) is 25.5 Å². The van der Waals surface area contributed by atoms with Gasteiger partial charge in [-0.1, -0.05) is 0 Å². The Bertz CT molecular complexity index is 399. The maximum Gasteiger partial charge on any atom is 0.194 e. The number of benzene rings is 1. The topological polar surface area (TPSA) is 52.3 Å². The molecule has 16 heavy (non-hydrogen) atoms. The van der Waals surface area contributed by atoms with Gasteiger partial charge in [-0.25, -0.2) is 8.78 Å². The molecule has 0 unspecified atom stereocenters. The van der Waals surface area contributed by atoms with Gasteiger partial charge in [-0.05, 0) is 28.1 Å². The van der Waals surface area contributed by atoms with E-state index < -0.39 is 23.0 Å². The fourth-order valence-electron chi connectivity index (χ4n) is 1.10. The van der Waals surface area contributed by atoms with Crippen molar-refractivity contribution in [2.24, 2.45) is 5.73 Å². The summed E-state index contributed by atoms with van der Waals surface area (Å²) in [5.41, 5.74) is 4.55. The summed E-state index contributed by atoms with van der Waals surface area (Å²) in [5, 5.41) is 0. The lowest BCUT2D eigenvalue weighted by molar-refractivity contribution is 0.0765. The Labute approximate surface area is 99.7 Å². The molecule has 6 heteroatoms. The van der Waals surface area contributed by atoms with Crippen molar-refractivity contribution in [3.8, 4) is 0 Å². The van der Waals surface area contributed by atoms with Crippen LogP contribution in [-0.2, 0) is 4.74 Å². The number of ketones is 1. The Balaban J connectivity index is 2.86. The van der Waals surface area contributed by atoms with E-state index in [1.165, 1.54) is 6.07 Å². The first-order valence-electron chi connectivity index (χ1n) is 4.52. The van der Waals surface area contributed by atoms with Crippen LogP contribution in [0.3, 0.4) is 0 Å². The van der Waals surface area contributed by atoms with Crippen LogP contribution in [0.5, 0.6) is 0 Å². The minimum Gasteiger partial charge on any atom is -0.372 e. The molecular weight excluding hydrogens is 284 g/mol. The molecule has 0 spiro atoms. The molecule has 0 saturated heterocycles. The van der Waals surface area contributed by atoms with Gasteiger partial charge in [0.2, 0.25) is 0 Å². The molecule has 0 radical (unpaired) electrons. The summed E-state index contributed by atoms with van der Waals surface area (Å²) in [7, 11) is 0. The van der Waals surface area contributed by atoms with Gasteiger partial charge in [0.05, 0.1) is 16.6 Å². The third kappa shape index (κ3) is 3.07. The predicted molar refractivity (Wildman–Crippen MR) is 58.3 cm³/mol. The highest BCUT2D eigenvalue weighted by Gasteiger charge is 2.19. The van der Waals surface area contributed by atoms with Crippen molar-refractivity contribution in [3.63, 3.8) is 0 Å². The minimum absolute atomic E-state index is 0.0380. The van der Waals surface area contributed by atoms with E-state index in [0.717, 1.165) is 6.07 Å². The Morgan fingerprint density at radius 2 is 2.12 bits per heavy atom. The summed E-state index contributed by atoms with van der Waals surface area (Å²) in [6.07, 6.45) is 0. The highest BCUT2D eigenvalue weighted by Crippen LogP contribution is 2.21. The molecule has 0 fully saturated rings. The summed E-state index contributed by atoms with van der Waals surface area (Å²) in [6, 6.07) is 2.21. The van der Waals surface area contributed by atoms with Gasteiger partial charge in [0, 0.05) is 6.54 Å². The van der Waals surface area contributed by atoms with E-state index in [4.69, 9.17) is 10.5 Å². The first kappa shape index (κ1) is 13.2. The van der Waals surface area contributed by atoms with E-state index in [2.05, 4.69) is 15.9 Å². The minimum atomic E-state index is -0.915. The van der Waals surface area contributed by atoms with Crippen molar-refractivity contribution >= 4 is 21.7 Å². The molecule has 0 atom stereocenters. The lowest BCUT2D eigenvalue weighted by atomic mass is 10.1. The van der Waals surface area contributed by atoms with Gasteiger partial charge in [0.1, 0.15) is 12.4 Å². The van der Waals surface area contributed by atoms with Crippen LogP contribution < -0.4 is 5.73 Å². The molecule has 0 aliphatic carbocycles. The van der Waals surface area contributed by atoms with Gasteiger partial charge < -0.3 is 10.5 Å². The molecule has 0 aliphatic rings. The second kappa shape index (κ2) is 6.03. The molecule has 0 aromatic heterocycles. The molecule has 0 saturated carbocycles. The Morgan fingerprint density at radius 3 is 2.75 bits per heavy atom. The number of rotatable bonds is 5. The van der Waals surface area contributed by atoms with Gasteiger partial charge in [0.15, 0.2) is 11.6 Å². The molecular formula is C10H10BrF2NO2. The molecule has 0 amide bonds. The van der Waals surface area contributed by atoms with E-state index in [1.54, 1.807) is 0 Å². The monoisotopic (exact) mass is 293 g/mol. The Kier molecular flexibility index (Phi) is 4.98. The molecule has 1 aromatic rings. The maximum absolute atomic E-state index is 13.4. The van der Waals surface area contributed by atoms with Crippen LogP contribution in [0, 0.1) is 11.6 Å². The summed E-state index contributed by atoms with van der Waals surface area (Å²) in [6.45, 7) is 0.0290. The molecule has 1 rings (SSSR count). The lowest BCUT2D eigenvalue weighted by Crippen LogP contribution is -2.17. The zero-order valence-electron chi connectivity index (χ0n) is 8.30. The average Bonchev–Trinajstić information content (AvgIpc) is 2.24. The fourth-order valence-corrected chi connectivity index (χ4v) is 1.43. The SMILES string of the molecule is NCCOCC(=O)c1c(F)ccc(Br)c1F. The Hall–Kier alpha value is -0.850. The van der Waals surface area contributed by atoms with Gasteiger partial charge in [-0.15, -0.1) is 0 Å². The molecule has 88 valence electrons. The quantitative estimate of drug-likeness (QED) is 0.512. The zero-order valence-corrected chi connectivity index (χ0v) is 9.89. The number of Topliss-reactive ketones (excluding diaryl/α,β-unsaturated/α-hetero) is 1. The van der Waals surface area contributed by atoms with Crippen LogP contribution >= 0.6 is 15.9 Å². The number of hydrogen-bond acceptors (Lipinski definition) is 3. The van der Waals surface area contributed by atoms with E-state index in [0.29, 0.717) is 0 Å². The van der Waals surface area contributed by atoms with Crippen molar-refractivity contribution in [2.45, 2.75) is 0 Å². The number of carbonyl (C=O) groups is 1. The average molecular weight is 294 g/mol. The van der Waals surface area contributed by atoms with Crippen molar-refractivity contribution in [3.05, 3.63) is 33.8 Å². The highest BCUT2D eigenvalue weighted by molar-refractivity contribution is 9.10. The first-order valence-corrected chi connectivity index (χ1v) is 5.31. The third-order valence-electron chi connectivity index (χ3n) is 1.82. The fraction of sp³-hybridized carbons (Fsp3) is 0.300. The van der Waals surface area contributed by atoms with Gasteiger partial charge in [-0.2, -0.15) is 0 Å². The van der Waals surface area contributed by atoms with Gasteiger partial charge >= 0.3 is 0 Å². The third-order valence-corrected chi connectivity index (χ3v) is 2.43. The molecule has 0 aliphatic heterocycles. The second-order valence-electron chi connectivity index (χ2n) is 2.98. The van der Waals surface area contributed by atoms with Crippen molar-refractivity contribution in [2.75, 3.05) is 19.8 Å². The number of carbonyl (C=O) groups excluding carboxylic acids is 1. The summed E-state index contributed by atoms with van der Waals surface area (Å²) in [5.74, 6) is -2.56. The van der Waals surface area contributed by atoms with Crippen LogP contribution in [0.25, 0.3) is 0 Å². The first-order chi connectivity index (χ1) is 7.57. The van der Waals surface area contributed by atoms with Crippen LogP contribution in [0.4, 0.5) is 8.78 Å². The zero-order chi connectivity index (χ0) is 12.1. The standard InChI is InChI=1S/C10H10BrF2NO2/c11-6-1-2-7(12)9(10(6)13)8(15)5-16-4-3-14/h1-2H,3-5,14H2. The highest BCUT2D eigenvalue weighted by atomic mass is 79.9. The smallest absolute Gasteiger partial charge is 0.194 e. The van der Waals surface area contributed by atoms with E-state index in [-0.39, 0.29) is 24.2 Å². The summed E-state index contributed by atoms with van der Waals surface area (Å²) >= 11 is 2.88. The maximum atomic E-state index is 13.4. The number of ether oxygens (including phenoxy) is 1. The molecule has 0 bridgehead atoms. The normalized spacial score (nSPS) is 10.5. The molecule has 0 heterocycles. The van der Waals surface area contributed by atoms with Gasteiger partial charge in [-0.3, -0.25) is 4.79 Å². The van der Waals surface area contributed by atoms with Crippen LogP contribution in [0.2, 0.25) is 0 Å². The second-order valence-corrected chi connectivity index (χ2v) is 3.84. The van der Waals surface area contributed by atoms with Crippen LogP contribution in [0.1, 0.15) is 10.4 Å². The molecule has 2 N–H and O–H groups in total. The lowest BCUT2D eigenvalue weighted by Gasteiger charge is -2.06. The number of hydrogen-bond donors (Lipinski definition) is 1. The molecule has 3 nitrogen and oxygen atoms in total. The van der Waals surface area contributed by atoms with Crippen LogP contribution in [0.15, 0.2) is 16.6 Å². The molecule has 1 aromatic carbocycles. The summed E-state index contributed by atoms with van der Waals surface area (Å²) in [4.78, 5) is 11.4. The van der Waals surface area contributed by atoms with Crippen molar-refractivity contribution < 1.29 is 18.3 Å². The van der Waals surface area contributed by atoms with E-state index >= 15 is 0 Å². The number of nitrogens with two attached hydrogens (primary N) is 1. The van der Waals surface area contributed by atoms with Crippen molar-refractivity contribution in [1.82, 2.24) is 0 Å². The summed E-state index contributed by atoms with van der Waals surface area (Å²) < 4.78 is 31.5. The Morgan fingerprint density at radius 1 is 1.44 bits per heavy atom.